The second-order valence-electron chi connectivity index (χ2n) is 7.25. The molecule has 1 aromatic heterocycles. The van der Waals surface area contributed by atoms with Gasteiger partial charge in [0.2, 0.25) is 0 Å². The van der Waals surface area contributed by atoms with Crippen molar-refractivity contribution in [2.24, 2.45) is 0 Å². The van der Waals surface area contributed by atoms with E-state index in [2.05, 4.69) is 6.07 Å². The molecule has 0 bridgehead atoms. The molecule has 152 valence electrons. The highest BCUT2D eigenvalue weighted by Gasteiger charge is 2.15. The minimum Gasteiger partial charge on any atom is -0.478 e. The summed E-state index contributed by atoms with van der Waals surface area (Å²) < 4.78 is 16.3. The van der Waals surface area contributed by atoms with Crippen LogP contribution < -0.4 is 0 Å². The van der Waals surface area contributed by atoms with Gasteiger partial charge >= 0.3 is 5.97 Å². The number of aromatic carboxylic acids is 1. The maximum Gasteiger partial charge on any atom is 0.335 e. The lowest BCUT2D eigenvalue weighted by atomic mass is 10.0. The summed E-state index contributed by atoms with van der Waals surface area (Å²) in [7, 11) is 0. The number of carbonyl (C=O) groups is 1. The molecular weight excluding hydrogens is 391 g/mol. The van der Waals surface area contributed by atoms with E-state index < -0.39 is 5.97 Å². The fraction of sp³-hybridized carbons (Fsp3) is 0.0769. The number of carboxylic acid groups (broad SMARTS) is 1. The van der Waals surface area contributed by atoms with E-state index in [4.69, 9.17) is 5.11 Å². The van der Waals surface area contributed by atoms with Crippen LogP contribution in [0.25, 0.3) is 22.6 Å². The van der Waals surface area contributed by atoms with Crippen LogP contribution in [0.5, 0.6) is 0 Å². The largest absolute Gasteiger partial charge is 0.478 e. The van der Waals surface area contributed by atoms with Crippen molar-refractivity contribution in [1.29, 1.82) is 5.26 Å². The van der Waals surface area contributed by atoms with Crippen molar-refractivity contribution >= 4 is 28.5 Å². The number of nitriles is 1. The molecule has 4 nitrogen and oxygen atoms in total. The lowest BCUT2D eigenvalue weighted by Crippen LogP contribution is -2.03. The summed E-state index contributed by atoms with van der Waals surface area (Å²) in [6.07, 6.45) is 1.81. The van der Waals surface area contributed by atoms with Crippen molar-refractivity contribution in [2.45, 2.75) is 13.5 Å². The number of allylic oxidation sites excluding steroid dienone is 1. The Balaban J connectivity index is 1.84. The summed E-state index contributed by atoms with van der Waals surface area (Å²) in [4.78, 5) is 11.1. The second-order valence-corrected chi connectivity index (χ2v) is 7.25. The summed E-state index contributed by atoms with van der Waals surface area (Å²) in [6, 6.07) is 23.0. The van der Waals surface area contributed by atoms with Crippen molar-refractivity contribution in [1.82, 2.24) is 4.57 Å². The predicted octanol–water partition coefficient (Wildman–Crippen LogP) is 5.90. The molecule has 4 rings (SSSR count). The zero-order valence-electron chi connectivity index (χ0n) is 16.8. The number of carboxylic acids is 1. The molecule has 0 fully saturated rings. The van der Waals surface area contributed by atoms with Gasteiger partial charge in [0.05, 0.1) is 23.8 Å². The molecule has 1 N–H and O–H groups in total. The Hall–Kier alpha value is -4.17. The number of halogens is 1. The van der Waals surface area contributed by atoms with Gasteiger partial charge in [-0.1, -0.05) is 48.5 Å². The maximum atomic E-state index is 14.3. The summed E-state index contributed by atoms with van der Waals surface area (Å²) in [5.41, 5.74) is 4.57. The van der Waals surface area contributed by atoms with Gasteiger partial charge in [-0.25, -0.2) is 9.18 Å². The number of para-hydroxylation sites is 1. The second kappa shape index (κ2) is 8.29. The minimum atomic E-state index is -1.01. The lowest BCUT2D eigenvalue weighted by Gasteiger charge is -2.09. The molecule has 0 aliphatic carbocycles. The topological polar surface area (TPSA) is 66.0 Å². The lowest BCUT2D eigenvalue weighted by molar-refractivity contribution is 0.0697. The van der Waals surface area contributed by atoms with Gasteiger partial charge in [0, 0.05) is 27.7 Å². The number of aromatic nitrogens is 1. The van der Waals surface area contributed by atoms with Crippen LogP contribution >= 0.6 is 0 Å². The van der Waals surface area contributed by atoms with Gasteiger partial charge < -0.3 is 9.67 Å². The van der Waals surface area contributed by atoms with Crippen molar-refractivity contribution in [3.05, 3.63) is 107 Å². The zero-order chi connectivity index (χ0) is 22.0. The van der Waals surface area contributed by atoms with Crippen molar-refractivity contribution in [2.75, 3.05) is 0 Å². The molecule has 0 aliphatic heterocycles. The normalized spacial score (nSPS) is 11.5. The highest BCUT2D eigenvalue weighted by Crippen LogP contribution is 2.30. The van der Waals surface area contributed by atoms with Crippen LogP contribution in [0.3, 0.4) is 0 Å². The van der Waals surface area contributed by atoms with E-state index in [0.29, 0.717) is 23.2 Å². The Morgan fingerprint density at radius 2 is 1.68 bits per heavy atom. The van der Waals surface area contributed by atoms with Crippen LogP contribution in [0.4, 0.5) is 4.39 Å². The molecule has 0 amide bonds. The standard InChI is InChI=1S/C26H19FN2O2/c1-17-23(14-21(15-28)18-10-12-19(13-11-18)26(30)31)22-7-3-5-9-25(22)29(17)16-20-6-2-4-8-24(20)27/h2-14H,16H2,1H3,(H,30,31)/b21-14-. The number of rotatable bonds is 5. The fourth-order valence-corrected chi connectivity index (χ4v) is 3.76. The first-order chi connectivity index (χ1) is 15.0. The van der Waals surface area contributed by atoms with E-state index >= 15 is 0 Å². The van der Waals surface area contributed by atoms with E-state index in [1.54, 1.807) is 24.3 Å². The van der Waals surface area contributed by atoms with Crippen LogP contribution in [-0.2, 0) is 6.54 Å². The number of nitrogens with zero attached hydrogens (tertiary/aromatic N) is 2. The molecule has 4 aromatic rings. The Kier molecular flexibility index (Phi) is 5.38. The molecule has 0 saturated carbocycles. The third kappa shape index (κ3) is 3.84. The molecular formula is C26H19FN2O2. The van der Waals surface area contributed by atoms with Gasteiger partial charge in [-0.15, -0.1) is 0 Å². The fourth-order valence-electron chi connectivity index (χ4n) is 3.76. The molecule has 1 heterocycles. The van der Waals surface area contributed by atoms with Gasteiger partial charge in [-0.3, -0.25) is 0 Å². The minimum absolute atomic E-state index is 0.165. The summed E-state index contributed by atoms with van der Waals surface area (Å²) in [6.45, 7) is 2.33. The van der Waals surface area contributed by atoms with Crippen molar-refractivity contribution in [3.63, 3.8) is 0 Å². The first kappa shape index (κ1) is 20.1. The molecule has 31 heavy (non-hydrogen) atoms. The quantitative estimate of drug-likeness (QED) is 0.417. The van der Waals surface area contributed by atoms with E-state index in [9.17, 15) is 14.4 Å². The van der Waals surface area contributed by atoms with Gasteiger partial charge in [0.25, 0.3) is 0 Å². The average Bonchev–Trinajstić information content (AvgIpc) is 3.04. The van der Waals surface area contributed by atoms with Crippen LogP contribution in [-0.4, -0.2) is 15.6 Å². The van der Waals surface area contributed by atoms with Crippen LogP contribution in [0.15, 0.2) is 72.8 Å². The number of fused-ring (bicyclic) bond motifs is 1. The molecule has 0 spiro atoms. The van der Waals surface area contributed by atoms with Crippen LogP contribution in [0, 0.1) is 24.1 Å². The third-order valence-electron chi connectivity index (χ3n) is 5.42. The van der Waals surface area contributed by atoms with Gasteiger partial charge in [0.1, 0.15) is 5.82 Å². The molecule has 5 heteroatoms. The monoisotopic (exact) mass is 410 g/mol. The molecule has 0 radical (unpaired) electrons. The Bertz CT molecular complexity index is 1360. The molecule has 3 aromatic carbocycles. The van der Waals surface area contributed by atoms with Gasteiger partial charge in [-0.05, 0) is 42.8 Å². The number of benzene rings is 3. The third-order valence-corrected chi connectivity index (χ3v) is 5.42. The Morgan fingerprint density at radius 1 is 1.03 bits per heavy atom. The zero-order valence-corrected chi connectivity index (χ0v) is 16.8. The van der Waals surface area contributed by atoms with Crippen molar-refractivity contribution in [3.8, 4) is 6.07 Å². The summed E-state index contributed by atoms with van der Waals surface area (Å²) in [5, 5.41) is 19.8. The first-order valence-corrected chi connectivity index (χ1v) is 9.76. The Morgan fingerprint density at radius 3 is 2.35 bits per heavy atom. The predicted molar refractivity (Wildman–Crippen MR) is 119 cm³/mol. The van der Waals surface area contributed by atoms with E-state index in [1.165, 1.54) is 18.2 Å². The molecule has 0 aliphatic rings. The van der Waals surface area contributed by atoms with Gasteiger partial charge in [-0.2, -0.15) is 5.26 Å². The highest BCUT2D eigenvalue weighted by molar-refractivity contribution is 5.99. The summed E-state index contributed by atoms with van der Waals surface area (Å²) in [5.74, 6) is -1.27. The van der Waals surface area contributed by atoms with E-state index in [-0.39, 0.29) is 11.4 Å². The SMILES string of the molecule is Cc1c(/C=C(/C#N)c2ccc(C(=O)O)cc2)c2ccccc2n1Cc1ccccc1F. The Labute approximate surface area is 179 Å². The maximum absolute atomic E-state index is 14.3. The number of hydrogen-bond donors (Lipinski definition) is 1. The van der Waals surface area contributed by atoms with Gasteiger partial charge in [0.15, 0.2) is 0 Å². The summed E-state index contributed by atoms with van der Waals surface area (Å²) >= 11 is 0. The number of hydrogen-bond acceptors (Lipinski definition) is 2. The average molecular weight is 410 g/mol. The van der Waals surface area contributed by atoms with E-state index in [1.807, 2.05) is 47.9 Å². The van der Waals surface area contributed by atoms with Crippen LogP contribution in [0.1, 0.15) is 32.7 Å². The molecule has 0 saturated heterocycles. The smallest absolute Gasteiger partial charge is 0.335 e. The molecule has 0 unspecified atom stereocenters. The van der Waals surface area contributed by atoms with Crippen LogP contribution in [0.2, 0.25) is 0 Å². The van der Waals surface area contributed by atoms with E-state index in [0.717, 1.165) is 22.2 Å². The first-order valence-electron chi connectivity index (χ1n) is 9.76. The van der Waals surface area contributed by atoms with Crippen molar-refractivity contribution < 1.29 is 14.3 Å². The highest BCUT2D eigenvalue weighted by atomic mass is 19.1. The molecule has 0 atom stereocenters.